The van der Waals surface area contributed by atoms with Crippen molar-refractivity contribution < 1.29 is 0 Å². The summed E-state index contributed by atoms with van der Waals surface area (Å²) in [7, 11) is 0. The summed E-state index contributed by atoms with van der Waals surface area (Å²) in [6, 6.07) is 2.26. The van der Waals surface area contributed by atoms with Crippen LogP contribution in [0, 0.1) is 17.2 Å². The molecule has 0 aliphatic rings. The van der Waals surface area contributed by atoms with E-state index in [0.717, 1.165) is 24.8 Å². The molecule has 0 spiro atoms. The van der Waals surface area contributed by atoms with E-state index in [1.165, 1.54) is 0 Å². The molecular weight excluding hydrogens is 134 g/mol. The van der Waals surface area contributed by atoms with Crippen molar-refractivity contribution in [1.29, 1.82) is 5.26 Å². The minimum atomic E-state index is 0.130. The molecule has 0 rings (SSSR count). The Morgan fingerprint density at radius 2 is 2.36 bits per heavy atom. The van der Waals surface area contributed by atoms with Crippen molar-refractivity contribution in [2.75, 3.05) is 0 Å². The number of nitrogens with zero attached hydrogens (tertiary/aromatic N) is 1. The molecule has 0 amide bonds. The lowest BCUT2D eigenvalue weighted by atomic mass is 9.97. The normalized spacial score (nSPS) is 11.6. The number of rotatable bonds is 5. The fraction of sp³-hybridized carbons (Fsp3) is 0.500. The molecule has 60 valence electrons. The van der Waals surface area contributed by atoms with Crippen LogP contribution in [0.1, 0.15) is 26.2 Å². The summed E-state index contributed by atoms with van der Waals surface area (Å²) in [6.07, 6.45) is 4.51. The van der Waals surface area contributed by atoms with Crippen LogP contribution in [-0.2, 0) is 0 Å². The van der Waals surface area contributed by atoms with Crippen molar-refractivity contribution in [3.8, 4) is 6.07 Å². The van der Waals surface area contributed by atoms with Crippen molar-refractivity contribution in [3.63, 3.8) is 0 Å². The molecule has 0 aliphatic heterocycles. The number of hydrogen-bond donors (Lipinski definition) is 0. The molecule has 11 heavy (non-hydrogen) atoms. The quantitative estimate of drug-likeness (QED) is 0.551. The summed E-state index contributed by atoms with van der Waals surface area (Å²) in [5.41, 5.74) is 0.963. The van der Waals surface area contributed by atoms with Crippen LogP contribution in [0.25, 0.3) is 0 Å². The lowest BCUT2D eigenvalue weighted by Gasteiger charge is -2.05. The maximum Gasteiger partial charge on any atom is 0.0659 e. The third kappa shape index (κ3) is 4.38. The van der Waals surface area contributed by atoms with Crippen LogP contribution in [0.5, 0.6) is 0 Å². The van der Waals surface area contributed by atoms with Crippen LogP contribution in [0.3, 0.4) is 0 Å². The molecule has 0 aromatic carbocycles. The molecule has 0 aromatic rings. The van der Waals surface area contributed by atoms with Gasteiger partial charge in [0.2, 0.25) is 0 Å². The zero-order valence-electron chi connectivity index (χ0n) is 7.14. The standard InChI is InChI=1S/C10H15N/c1-4-6-10(8-11)7-9(3)5-2/h5,10H,2-4,6-7H2,1H3. The Morgan fingerprint density at radius 1 is 1.73 bits per heavy atom. The second kappa shape index (κ2) is 5.73. The molecule has 1 heteroatoms. The molecule has 0 N–H and O–H groups in total. The van der Waals surface area contributed by atoms with E-state index < -0.39 is 0 Å². The largest absolute Gasteiger partial charge is 0.198 e. The Morgan fingerprint density at radius 3 is 2.73 bits per heavy atom. The van der Waals surface area contributed by atoms with Gasteiger partial charge in [-0.1, -0.05) is 38.2 Å². The summed E-state index contributed by atoms with van der Waals surface area (Å²) < 4.78 is 0. The second-order valence-electron chi connectivity index (χ2n) is 2.68. The number of allylic oxidation sites excluding steroid dienone is 2. The van der Waals surface area contributed by atoms with Gasteiger partial charge in [-0.05, 0) is 12.8 Å². The molecule has 0 radical (unpaired) electrons. The fourth-order valence-electron chi connectivity index (χ4n) is 0.961. The van der Waals surface area contributed by atoms with E-state index in [1.54, 1.807) is 6.08 Å². The van der Waals surface area contributed by atoms with Crippen molar-refractivity contribution in [2.45, 2.75) is 26.2 Å². The van der Waals surface area contributed by atoms with E-state index in [9.17, 15) is 0 Å². The fourth-order valence-corrected chi connectivity index (χ4v) is 0.961. The van der Waals surface area contributed by atoms with Crippen molar-refractivity contribution in [3.05, 3.63) is 24.8 Å². The molecule has 0 aromatic heterocycles. The van der Waals surface area contributed by atoms with E-state index in [0.29, 0.717) is 0 Å². The molecule has 0 saturated carbocycles. The molecule has 0 aliphatic carbocycles. The van der Waals surface area contributed by atoms with E-state index in [2.05, 4.69) is 26.2 Å². The first-order valence-electron chi connectivity index (χ1n) is 3.94. The molecule has 0 heterocycles. The summed E-state index contributed by atoms with van der Waals surface area (Å²) in [5, 5.41) is 8.68. The molecule has 1 nitrogen and oxygen atoms in total. The lowest BCUT2D eigenvalue weighted by molar-refractivity contribution is 0.592. The highest BCUT2D eigenvalue weighted by Gasteiger charge is 2.05. The first kappa shape index (κ1) is 9.97. The first-order chi connectivity index (χ1) is 5.24. The van der Waals surface area contributed by atoms with Crippen LogP contribution in [0.4, 0.5) is 0 Å². The molecule has 1 unspecified atom stereocenters. The summed E-state index contributed by atoms with van der Waals surface area (Å²) in [4.78, 5) is 0. The van der Waals surface area contributed by atoms with Crippen molar-refractivity contribution in [2.24, 2.45) is 5.92 Å². The van der Waals surface area contributed by atoms with Gasteiger partial charge in [0.05, 0.1) is 12.0 Å². The van der Waals surface area contributed by atoms with Gasteiger partial charge < -0.3 is 0 Å². The number of nitriles is 1. The van der Waals surface area contributed by atoms with E-state index in [-0.39, 0.29) is 5.92 Å². The molecule has 0 fully saturated rings. The van der Waals surface area contributed by atoms with Crippen molar-refractivity contribution >= 4 is 0 Å². The predicted octanol–water partition coefficient (Wildman–Crippen LogP) is 3.06. The lowest BCUT2D eigenvalue weighted by Crippen LogP contribution is -1.96. The summed E-state index contributed by atoms with van der Waals surface area (Å²) in [5.74, 6) is 0.130. The van der Waals surface area contributed by atoms with E-state index in [1.807, 2.05) is 0 Å². The average Bonchev–Trinajstić information content (AvgIpc) is 2.03. The molecule has 1 atom stereocenters. The predicted molar refractivity (Wildman–Crippen MR) is 48.0 cm³/mol. The monoisotopic (exact) mass is 149 g/mol. The Kier molecular flexibility index (Phi) is 5.20. The summed E-state index contributed by atoms with van der Waals surface area (Å²) >= 11 is 0. The highest BCUT2D eigenvalue weighted by Crippen LogP contribution is 2.15. The van der Waals surface area contributed by atoms with Gasteiger partial charge in [-0.3, -0.25) is 0 Å². The Balaban J connectivity index is 3.79. The van der Waals surface area contributed by atoms with Gasteiger partial charge in [0.15, 0.2) is 0 Å². The molecule has 0 bridgehead atoms. The molecule has 0 saturated heterocycles. The number of hydrogen-bond acceptors (Lipinski definition) is 1. The van der Waals surface area contributed by atoms with Gasteiger partial charge in [0, 0.05) is 0 Å². The average molecular weight is 149 g/mol. The van der Waals surface area contributed by atoms with Crippen molar-refractivity contribution in [1.82, 2.24) is 0 Å². The molecular formula is C10H15N. The minimum absolute atomic E-state index is 0.130. The van der Waals surface area contributed by atoms with E-state index in [4.69, 9.17) is 5.26 Å². The zero-order chi connectivity index (χ0) is 8.69. The maximum absolute atomic E-state index is 8.68. The highest BCUT2D eigenvalue weighted by molar-refractivity contribution is 5.13. The Bertz CT molecular complexity index is 174. The van der Waals surface area contributed by atoms with Crippen LogP contribution < -0.4 is 0 Å². The van der Waals surface area contributed by atoms with Gasteiger partial charge in [-0.2, -0.15) is 5.26 Å². The van der Waals surface area contributed by atoms with Crippen LogP contribution in [-0.4, -0.2) is 0 Å². The third-order valence-electron chi connectivity index (χ3n) is 1.62. The van der Waals surface area contributed by atoms with Crippen LogP contribution in [0.2, 0.25) is 0 Å². The smallest absolute Gasteiger partial charge is 0.0659 e. The Hall–Kier alpha value is -1.03. The van der Waals surface area contributed by atoms with Crippen LogP contribution in [0.15, 0.2) is 24.8 Å². The van der Waals surface area contributed by atoms with Crippen LogP contribution >= 0.6 is 0 Å². The zero-order valence-corrected chi connectivity index (χ0v) is 7.14. The second-order valence-corrected chi connectivity index (χ2v) is 2.68. The van der Waals surface area contributed by atoms with Gasteiger partial charge in [0.25, 0.3) is 0 Å². The van der Waals surface area contributed by atoms with Gasteiger partial charge >= 0.3 is 0 Å². The topological polar surface area (TPSA) is 23.8 Å². The highest BCUT2D eigenvalue weighted by atomic mass is 14.3. The van der Waals surface area contributed by atoms with Gasteiger partial charge in [-0.15, -0.1) is 0 Å². The maximum atomic E-state index is 8.68. The van der Waals surface area contributed by atoms with Gasteiger partial charge in [0.1, 0.15) is 0 Å². The third-order valence-corrected chi connectivity index (χ3v) is 1.62. The van der Waals surface area contributed by atoms with E-state index >= 15 is 0 Å². The Labute approximate surface area is 69.0 Å². The summed E-state index contributed by atoms with van der Waals surface area (Å²) in [6.45, 7) is 9.46. The first-order valence-corrected chi connectivity index (χ1v) is 3.94. The van der Waals surface area contributed by atoms with Gasteiger partial charge in [-0.25, -0.2) is 0 Å². The SMILES string of the molecule is C=CC(=C)CC(C#N)CCC. The minimum Gasteiger partial charge on any atom is -0.198 e.